The maximum Gasteiger partial charge on any atom is 0.124 e. The Morgan fingerprint density at radius 1 is 1.50 bits per heavy atom. The Morgan fingerprint density at radius 3 is 2.71 bits per heavy atom. The highest BCUT2D eigenvalue weighted by Crippen LogP contribution is 2.23. The Labute approximate surface area is 85.3 Å². The average molecular weight is 194 g/mol. The summed E-state index contributed by atoms with van der Waals surface area (Å²) in [4.78, 5) is 0. The van der Waals surface area contributed by atoms with Crippen molar-refractivity contribution in [1.29, 1.82) is 0 Å². The smallest absolute Gasteiger partial charge is 0.124 e. The van der Waals surface area contributed by atoms with Gasteiger partial charge in [-0.15, -0.1) is 0 Å². The Balaban J connectivity index is 3.08. The lowest BCUT2D eigenvalue weighted by molar-refractivity contribution is 0.402. The first-order chi connectivity index (χ1) is 6.72. The van der Waals surface area contributed by atoms with Gasteiger partial charge in [0.1, 0.15) is 5.75 Å². The maximum absolute atomic E-state index is 5.90. The molecule has 0 spiro atoms. The number of hydrogen-bond donors (Lipinski definition) is 2. The Hall–Kier alpha value is -1.06. The normalized spacial score (nSPS) is 12.6. The van der Waals surface area contributed by atoms with E-state index < -0.39 is 0 Å². The molecule has 0 heterocycles. The molecule has 0 aliphatic heterocycles. The zero-order chi connectivity index (χ0) is 10.6. The number of benzene rings is 1. The molecule has 3 nitrogen and oxygen atoms in total. The lowest BCUT2D eigenvalue weighted by Crippen LogP contribution is -2.25. The fraction of sp³-hybridized carbons (Fsp3) is 0.455. The van der Waals surface area contributed by atoms with Crippen LogP contribution in [-0.4, -0.2) is 14.2 Å². The van der Waals surface area contributed by atoms with E-state index in [9.17, 15) is 0 Å². The molecule has 1 rings (SSSR count). The number of aryl methyl sites for hydroxylation is 1. The Bertz CT molecular complexity index is 299. The fourth-order valence-electron chi connectivity index (χ4n) is 1.40. The van der Waals surface area contributed by atoms with Crippen LogP contribution >= 0.6 is 0 Å². The minimum atomic E-state index is -0.170. The van der Waals surface area contributed by atoms with Gasteiger partial charge >= 0.3 is 0 Å². The second-order valence-corrected chi connectivity index (χ2v) is 3.20. The average Bonchev–Trinajstić information content (AvgIpc) is 2.27. The summed E-state index contributed by atoms with van der Waals surface area (Å²) in [7, 11) is 3.50. The molecule has 3 N–H and O–H groups in total. The fourth-order valence-corrected chi connectivity index (χ4v) is 1.40. The molecule has 78 valence electrons. The van der Waals surface area contributed by atoms with Crippen LogP contribution in [0.2, 0.25) is 0 Å². The third-order valence-electron chi connectivity index (χ3n) is 2.35. The predicted molar refractivity (Wildman–Crippen MR) is 58.4 cm³/mol. The minimum Gasteiger partial charge on any atom is -0.496 e. The Morgan fingerprint density at radius 2 is 2.21 bits per heavy atom. The lowest BCUT2D eigenvalue weighted by Gasteiger charge is -2.15. The summed E-state index contributed by atoms with van der Waals surface area (Å²) in [6, 6.07) is 6.11. The van der Waals surface area contributed by atoms with E-state index in [2.05, 4.69) is 24.4 Å². The molecule has 0 bridgehead atoms. The molecule has 1 unspecified atom stereocenters. The first-order valence-electron chi connectivity index (χ1n) is 4.82. The van der Waals surface area contributed by atoms with E-state index in [-0.39, 0.29) is 6.17 Å². The van der Waals surface area contributed by atoms with Crippen molar-refractivity contribution in [3.05, 3.63) is 29.3 Å². The molecule has 3 heteroatoms. The molecule has 1 atom stereocenters. The molecular formula is C11H18N2O. The monoisotopic (exact) mass is 194 g/mol. The first kappa shape index (κ1) is 11.0. The molecule has 0 fully saturated rings. The standard InChI is InChI=1S/C11H18N2O/c1-4-8-5-6-10(14-3)9(7-8)11(12)13-2/h5-7,11,13H,4,12H2,1-3H3. The summed E-state index contributed by atoms with van der Waals surface area (Å²) in [5.41, 5.74) is 8.18. The van der Waals surface area contributed by atoms with Gasteiger partial charge in [0.25, 0.3) is 0 Å². The third-order valence-corrected chi connectivity index (χ3v) is 2.35. The summed E-state index contributed by atoms with van der Waals surface area (Å²) in [5, 5.41) is 3.01. The molecule has 0 aliphatic carbocycles. The van der Waals surface area contributed by atoms with Gasteiger partial charge in [-0.3, -0.25) is 0 Å². The second-order valence-electron chi connectivity index (χ2n) is 3.20. The highest BCUT2D eigenvalue weighted by molar-refractivity contribution is 5.39. The van der Waals surface area contributed by atoms with E-state index in [4.69, 9.17) is 10.5 Å². The van der Waals surface area contributed by atoms with Crippen LogP contribution in [0.1, 0.15) is 24.2 Å². The predicted octanol–water partition coefficient (Wildman–Crippen LogP) is 1.43. The summed E-state index contributed by atoms with van der Waals surface area (Å²) in [5.74, 6) is 0.837. The van der Waals surface area contributed by atoms with Gasteiger partial charge in [0, 0.05) is 5.56 Å². The number of nitrogens with two attached hydrogens (primary N) is 1. The van der Waals surface area contributed by atoms with Gasteiger partial charge in [0.05, 0.1) is 13.3 Å². The van der Waals surface area contributed by atoms with Gasteiger partial charge in [-0.05, 0) is 31.2 Å². The summed E-state index contributed by atoms with van der Waals surface area (Å²) >= 11 is 0. The van der Waals surface area contributed by atoms with E-state index in [0.29, 0.717) is 0 Å². The number of rotatable bonds is 4. The van der Waals surface area contributed by atoms with Crippen molar-refractivity contribution in [2.75, 3.05) is 14.2 Å². The van der Waals surface area contributed by atoms with Gasteiger partial charge in [-0.1, -0.05) is 13.0 Å². The number of hydrogen-bond acceptors (Lipinski definition) is 3. The van der Waals surface area contributed by atoms with Crippen LogP contribution in [0.15, 0.2) is 18.2 Å². The van der Waals surface area contributed by atoms with Crippen LogP contribution in [0, 0.1) is 0 Å². The molecule has 0 aromatic heterocycles. The van der Waals surface area contributed by atoms with Crippen LogP contribution in [-0.2, 0) is 6.42 Å². The molecule has 1 aromatic carbocycles. The van der Waals surface area contributed by atoms with Gasteiger partial charge in [-0.2, -0.15) is 0 Å². The van der Waals surface area contributed by atoms with E-state index in [1.54, 1.807) is 7.11 Å². The SMILES string of the molecule is CCc1ccc(OC)c(C(N)NC)c1. The van der Waals surface area contributed by atoms with Gasteiger partial charge in [0.15, 0.2) is 0 Å². The summed E-state index contributed by atoms with van der Waals surface area (Å²) in [6.07, 6.45) is 0.837. The van der Waals surface area contributed by atoms with Crippen molar-refractivity contribution in [3.63, 3.8) is 0 Å². The van der Waals surface area contributed by atoms with Crippen molar-refractivity contribution in [2.45, 2.75) is 19.5 Å². The quantitative estimate of drug-likeness (QED) is 0.713. The highest BCUT2D eigenvalue weighted by Gasteiger charge is 2.09. The number of ether oxygens (including phenoxy) is 1. The minimum absolute atomic E-state index is 0.170. The molecule has 14 heavy (non-hydrogen) atoms. The summed E-state index contributed by atoms with van der Waals surface area (Å²) < 4.78 is 5.25. The maximum atomic E-state index is 5.90. The second kappa shape index (κ2) is 4.98. The van der Waals surface area contributed by atoms with Crippen molar-refractivity contribution in [2.24, 2.45) is 5.73 Å². The van der Waals surface area contributed by atoms with Crippen LogP contribution < -0.4 is 15.8 Å². The molecular weight excluding hydrogens is 176 g/mol. The topological polar surface area (TPSA) is 47.3 Å². The van der Waals surface area contributed by atoms with Gasteiger partial charge < -0.3 is 15.8 Å². The molecule has 0 aliphatic rings. The van der Waals surface area contributed by atoms with E-state index >= 15 is 0 Å². The van der Waals surface area contributed by atoms with Crippen molar-refractivity contribution < 1.29 is 4.74 Å². The molecule has 0 saturated carbocycles. The van der Waals surface area contributed by atoms with Crippen LogP contribution in [0.4, 0.5) is 0 Å². The lowest BCUT2D eigenvalue weighted by atomic mass is 10.1. The molecule has 0 radical (unpaired) electrons. The Kier molecular flexibility index (Phi) is 3.92. The summed E-state index contributed by atoms with van der Waals surface area (Å²) in [6.45, 7) is 2.12. The largest absolute Gasteiger partial charge is 0.496 e. The van der Waals surface area contributed by atoms with Crippen LogP contribution in [0.25, 0.3) is 0 Å². The highest BCUT2D eigenvalue weighted by atomic mass is 16.5. The van der Waals surface area contributed by atoms with E-state index in [0.717, 1.165) is 17.7 Å². The zero-order valence-corrected chi connectivity index (χ0v) is 9.00. The van der Waals surface area contributed by atoms with Gasteiger partial charge in [0.2, 0.25) is 0 Å². The molecule has 0 saturated heterocycles. The zero-order valence-electron chi connectivity index (χ0n) is 9.00. The molecule has 1 aromatic rings. The molecule has 0 amide bonds. The van der Waals surface area contributed by atoms with Crippen molar-refractivity contribution in [1.82, 2.24) is 5.32 Å². The number of methoxy groups -OCH3 is 1. The van der Waals surface area contributed by atoms with Crippen molar-refractivity contribution >= 4 is 0 Å². The third kappa shape index (κ3) is 2.25. The van der Waals surface area contributed by atoms with Gasteiger partial charge in [-0.25, -0.2) is 0 Å². The van der Waals surface area contributed by atoms with E-state index in [1.807, 2.05) is 13.1 Å². The van der Waals surface area contributed by atoms with Crippen LogP contribution in [0.5, 0.6) is 5.75 Å². The van der Waals surface area contributed by atoms with Crippen LogP contribution in [0.3, 0.4) is 0 Å². The first-order valence-corrected chi connectivity index (χ1v) is 4.82. The van der Waals surface area contributed by atoms with E-state index in [1.165, 1.54) is 5.56 Å². The van der Waals surface area contributed by atoms with Crippen molar-refractivity contribution in [3.8, 4) is 5.75 Å². The number of nitrogens with one attached hydrogen (secondary N) is 1.